The van der Waals surface area contributed by atoms with Crippen LogP contribution in [0.5, 0.6) is 0 Å². The third kappa shape index (κ3) is 2.98. The molecule has 0 unspecified atom stereocenters. The summed E-state index contributed by atoms with van der Waals surface area (Å²) in [4.78, 5) is 3.28. The zero-order valence-corrected chi connectivity index (χ0v) is 12.3. The maximum Gasteiger partial charge on any atom is 0.0457 e. The Bertz CT molecular complexity index is 526. The maximum absolute atomic E-state index is 3.74. The van der Waals surface area contributed by atoms with Crippen molar-refractivity contribution in [2.24, 2.45) is 0 Å². The molecule has 3 heteroatoms. The number of aromatic nitrogens is 1. The number of thioether (sulfide) groups is 1. The lowest BCUT2D eigenvalue weighted by molar-refractivity contribution is 0.379. The summed E-state index contributed by atoms with van der Waals surface area (Å²) in [7, 11) is 0. The molecule has 2 N–H and O–H groups in total. The van der Waals surface area contributed by atoms with Crippen LogP contribution in [0.4, 0.5) is 0 Å². The summed E-state index contributed by atoms with van der Waals surface area (Å²) in [5.41, 5.74) is 2.65. The number of hydrogen-bond donors (Lipinski definition) is 2. The normalized spacial score (nSPS) is 23.8. The van der Waals surface area contributed by atoms with Crippen molar-refractivity contribution in [3.05, 3.63) is 36.0 Å². The molecule has 2 nitrogen and oxygen atoms in total. The lowest BCUT2D eigenvalue weighted by Gasteiger charge is -2.28. The molecular formula is C16H22N2S. The smallest absolute Gasteiger partial charge is 0.0457 e. The number of rotatable bonds is 4. The fourth-order valence-corrected chi connectivity index (χ4v) is 3.81. The van der Waals surface area contributed by atoms with Gasteiger partial charge in [0.1, 0.15) is 0 Å². The minimum absolute atomic E-state index is 0.706. The summed E-state index contributed by atoms with van der Waals surface area (Å²) in [6.45, 7) is 0.990. The molecular weight excluding hydrogens is 252 g/mol. The molecule has 1 aromatic heterocycles. The van der Waals surface area contributed by atoms with Gasteiger partial charge in [-0.15, -0.1) is 0 Å². The summed E-state index contributed by atoms with van der Waals surface area (Å²) in [5.74, 6) is 0. The minimum atomic E-state index is 0.706. The number of H-pyrrole nitrogens is 1. The van der Waals surface area contributed by atoms with Gasteiger partial charge in [0.15, 0.2) is 0 Å². The van der Waals surface area contributed by atoms with Gasteiger partial charge in [-0.25, -0.2) is 0 Å². The van der Waals surface area contributed by atoms with Crippen LogP contribution in [0.1, 0.15) is 31.2 Å². The average Bonchev–Trinajstić information content (AvgIpc) is 2.94. The van der Waals surface area contributed by atoms with Crippen LogP contribution in [0.25, 0.3) is 10.9 Å². The highest BCUT2D eigenvalue weighted by atomic mass is 32.2. The molecule has 1 aliphatic rings. The van der Waals surface area contributed by atoms with E-state index >= 15 is 0 Å². The van der Waals surface area contributed by atoms with Crippen LogP contribution >= 0.6 is 11.8 Å². The molecule has 0 atom stereocenters. The van der Waals surface area contributed by atoms with E-state index in [-0.39, 0.29) is 0 Å². The first-order chi connectivity index (χ1) is 9.36. The molecule has 1 saturated carbocycles. The molecule has 0 amide bonds. The molecule has 19 heavy (non-hydrogen) atoms. The molecule has 0 spiro atoms. The molecule has 2 aromatic rings. The highest BCUT2D eigenvalue weighted by Gasteiger charge is 2.19. The molecule has 0 aliphatic heterocycles. The third-order valence-corrected chi connectivity index (χ3v) is 5.41. The average molecular weight is 274 g/mol. The van der Waals surface area contributed by atoms with Crippen LogP contribution in [0.2, 0.25) is 0 Å². The Hall–Kier alpha value is -0.930. The highest BCUT2D eigenvalue weighted by Crippen LogP contribution is 2.27. The Balaban J connectivity index is 1.59. The Labute approximate surface area is 119 Å². The topological polar surface area (TPSA) is 27.8 Å². The Morgan fingerprint density at radius 1 is 1.21 bits per heavy atom. The van der Waals surface area contributed by atoms with E-state index in [1.165, 1.54) is 42.1 Å². The van der Waals surface area contributed by atoms with E-state index in [2.05, 4.69) is 40.8 Å². The van der Waals surface area contributed by atoms with E-state index in [1.807, 2.05) is 18.0 Å². The van der Waals surface area contributed by atoms with Gasteiger partial charge in [-0.1, -0.05) is 12.1 Å². The quantitative estimate of drug-likeness (QED) is 0.884. The Morgan fingerprint density at radius 3 is 2.84 bits per heavy atom. The summed E-state index contributed by atoms with van der Waals surface area (Å²) < 4.78 is 0. The van der Waals surface area contributed by atoms with Crippen molar-refractivity contribution in [3.8, 4) is 0 Å². The largest absolute Gasteiger partial charge is 0.361 e. The molecule has 1 fully saturated rings. The second-order valence-electron chi connectivity index (χ2n) is 5.45. The monoisotopic (exact) mass is 274 g/mol. The number of benzene rings is 1. The Morgan fingerprint density at radius 2 is 2.05 bits per heavy atom. The fourth-order valence-electron chi connectivity index (χ4n) is 3.06. The molecule has 1 aliphatic carbocycles. The third-order valence-electron chi connectivity index (χ3n) is 4.27. The number of hydrogen-bond acceptors (Lipinski definition) is 2. The summed E-state index contributed by atoms with van der Waals surface area (Å²) >= 11 is 2.03. The highest BCUT2D eigenvalue weighted by molar-refractivity contribution is 7.99. The van der Waals surface area contributed by atoms with Crippen LogP contribution in [0, 0.1) is 0 Å². The second kappa shape index (κ2) is 6.02. The van der Waals surface area contributed by atoms with Crippen LogP contribution in [-0.4, -0.2) is 22.5 Å². The van der Waals surface area contributed by atoms with Gasteiger partial charge in [0, 0.05) is 34.9 Å². The number of fused-ring (bicyclic) bond motifs is 1. The van der Waals surface area contributed by atoms with E-state index < -0.39 is 0 Å². The van der Waals surface area contributed by atoms with E-state index in [4.69, 9.17) is 0 Å². The van der Waals surface area contributed by atoms with E-state index in [1.54, 1.807) is 0 Å². The number of aromatic amines is 1. The van der Waals surface area contributed by atoms with Crippen LogP contribution < -0.4 is 5.32 Å². The first-order valence-electron chi connectivity index (χ1n) is 7.18. The van der Waals surface area contributed by atoms with E-state index in [0.29, 0.717) is 6.04 Å². The number of nitrogens with one attached hydrogen (secondary N) is 2. The van der Waals surface area contributed by atoms with Crippen molar-refractivity contribution in [1.82, 2.24) is 10.3 Å². The summed E-state index contributed by atoms with van der Waals surface area (Å²) in [5, 5.41) is 5.99. The lowest BCUT2D eigenvalue weighted by atomic mass is 9.94. The zero-order valence-electron chi connectivity index (χ0n) is 11.5. The molecule has 0 radical (unpaired) electrons. The second-order valence-corrected chi connectivity index (χ2v) is 6.58. The molecule has 0 saturated heterocycles. The SMILES string of the molecule is CSC1CCC(NCc2cccc3[nH]ccc23)CC1. The maximum atomic E-state index is 3.74. The molecule has 1 aromatic carbocycles. The van der Waals surface area contributed by atoms with Gasteiger partial charge in [0.2, 0.25) is 0 Å². The summed E-state index contributed by atoms with van der Waals surface area (Å²) in [6, 6.07) is 9.40. The van der Waals surface area contributed by atoms with Crippen LogP contribution in [0.3, 0.4) is 0 Å². The first kappa shape index (κ1) is 13.1. The van der Waals surface area contributed by atoms with E-state index in [9.17, 15) is 0 Å². The molecule has 1 heterocycles. The van der Waals surface area contributed by atoms with Crippen molar-refractivity contribution < 1.29 is 0 Å². The zero-order chi connectivity index (χ0) is 13.1. The first-order valence-corrected chi connectivity index (χ1v) is 8.47. The van der Waals surface area contributed by atoms with Crippen molar-refractivity contribution >= 4 is 22.7 Å². The molecule has 102 valence electrons. The van der Waals surface area contributed by atoms with Gasteiger partial charge in [-0.2, -0.15) is 11.8 Å². The van der Waals surface area contributed by atoms with Crippen molar-refractivity contribution in [2.75, 3.05) is 6.26 Å². The Kier molecular flexibility index (Phi) is 4.14. The fraction of sp³-hybridized carbons (Fsp3) is 0.500. The predicted octanol–water partition coefficient (Wildman–Crippen LogP) is 3.93. The van der Waals surface area contributed by atoms with Crippen LogP contribution in [-0.2, 0) is 6.54 Å². The predicted molar refractivity (Wildman–Crippen MR) is 84.7 cm³/mol. The van der Waals surface area contributed by atoms with Crippen molar-refractivity contribution in [2.45, 2.75) is 43.5 Å². The summed E-state index contributed by atoms with van der Waals surface area (Å²) in [6.07, 6.45) is 9.66. The van der Waals surface area contributed by atoms with Crippen LogP contribution in [0.15, 0.2) is 30.5 Å². The van der Waals surface area contributed by atoms with Crippen molar-refractivity contribution in [3.63, 3.8) is 0 Å². The van der Waals surface area contributed by atoms with Gasteiger partial charge in [-0.05, 0) is 49.6 Å². The molecule has 3 rings (SSSR count). The minimum Gasteiger partial charge on any atom is -0.361 e. The van der Waals surface area contributed by atoms with Gasteiger partial charge >= 0.3 is 0 Å². The van der Waals surface area contributed by atoms with Gasteiger partial charge in [0.25, 0.3) is 0 Å². The van der Waals surface area contributed by atoms with E-state index in [0.717, 1.165) is 11.8 Å². The lowest BCUT2D eigenvalue weighted by Crippen LogP contribution is -2.33. The van der Waals surface area contributed by atoms with Gasteiger partial charge < -0.3 is 10.3 Å². The van der Waals surface area contributed by atoms with Crippen molar-refractivity contribution in [1.29, 1.82) is 0 Å². The van der Waals surface area contributed by atoms with Gasteiger partial charge in [-0.3, -0.25) is 0 Å². The van der Waals surface area contributed by atoms with Gasteiger partial charge in [0.05, 0.1) is 0 Å². The standard InChI is InChI=1S/C16H22N2S/c1-19-14-7-5-13(6-8-14)18-11-12-3-2-4-16-15(12)9-10-17-16/h2-4,9-10,13-14,17-18H,5-8,11H2,1H3. The molecule has 0 bridgehead atoms.